The van der Waals surface area contributed by atoms with Crippen LogP contribution in [-0.4, -0.2) is 40.1 Å². The van der Waals surface area contributed by atoms with Crippen LogP contribution in [0.15, 0.2) is 0 Å². The molecule has 0 aromatic carbocycles. The van der Waals surface area contributed by atoms with Gasteiger partial charge >= 0.3 is 0 Å². The lowest BCUT2D eigenvalue weighted by Gasteiger charge is -2.38. The lowest BCUT2D eigenvalue weighted by molar-refractivity contribution is 0.189. The van der Waals surface area contributed by atoms with E-state index in [2.05, 4.69) is 70.8 Å². The Hall–Kier alpha value is -0.200. The van der Waals surface area contributed by atoms with E-state index in [0.717, 1.165) is 0 Å². The van der Waals surface area contributed by atoms with Gasteiger partial charge in [-0.2, -0.15) is 5.26 Å². The van der Waals surface area contributed by atoms with E-state index in [9.17, 15) is 0 Å². The average Bonchev–Trinajstić information content (AvgIpc) is 2.26. The van der Waals surface area contributed by atoms with Crippen LogP contribution in [0.25, 0.3) is 0 Å². The Morgan fingerprint density at radius 3 is 1.45 bits per heavy atom. The number of rotatable bonds is 9. The molecule has 0 aliphatic rings. The first-order valence-electron chi connectivity index (χ1n) is 7.67. The van der Waals surface area contributed by atoms with E-state index in [1.165, 1.54) is 0 Å². The normalized spacial score (nSPS) is 12.7. The summed E-state index contributed by atoms with van der Waals surface area (Å²) in [5.74, 6) is 0. The van der Waals surface area contributed by atoms with Crippen molar-refractivity contribution in [2.45, 2.75) is 86.0 Å². The van der Waals surface area contributed by atoms with E-state index in [0.29, 0.717) is 37.2 Å². The molecule has 0 heterocycles. The maximum absolute atomic E-state index is 8.75. The summed E-state index contributed by atoms with van der Waals surface area (Å²) in [7, 11) is -1.28. The van der Waals surface area contributed by atoms with Crippen molar-refractivity contribution in [1.82, 2.24) is 9.34 Å². The van der Waals surface area contributed by atoms with Crippen LogP contribution < -0.4 is 0 Å². The van der Waals surface area contributed by atoms with Crippen LogP contribution in [0.4, 0.5) is 0 Å². The first-order chi connectivity index (χ1) is 9.23. The van der Waals surface area contributed by atoms with Crippen LogP contribution in [0, 0.1) is 11.3 Å². The minimum absolute atomic E-state index is 0.436. The van der Waals surface area contributed by atoms with Crippen LogP contribution in [0.5, 0.6) is 0 Å². The lowest BCUT2D eigenvalue weighted by Crippen LogP contribution is -2.43. The smallest absolute Gasteiger partial charge is 0.201 e. The van der Waals surface area contributed by atoms with Crippen LogP contribution in [0.1, 0.15) is 61.8 Å². The predicted molar refractivity (Wildman–Crippen MR) is 88.7 cm³/mol. The summed E-state index contributed by atoms with van der Waals surface area (Å²) in [5.41, 5.74) is 0. The molecule has 0 fully saturated rings. The van der Waals surface area contributed by atoms with Crippen molar-refractivity contribution in [3.8, 4) is 6.07 Å². The van der Waals surface area contributed by atoms with Crippen LogP contribution in [0.3, 0.4) is 0 Å². The zero-order chi connectivity index (χ0) is 15.9. The monoisotopic (exact) mass is 302 g/mol. The summed E-state index contributed by atoms with van der Waals surface area (Å²) < 4.78 is 11.1. The Bertz CT molecular complexity index is 264. The highest BCUT2D eigenvalue weighted by molar-refractivity contribution is 7.47. The average molecular weight is 302 g/mol. The maximum Gasteiger partial charge on any atom is 0.278 e. The summed E-state index contributed by atoms with van der Waals surface area (Å²) in [5, 5.41) is 8.75. The molecule has 20 heavy (non-hydrogen) atoms. The number of nitrogens with zero attached hydrogens (tertiary/aromatic N) is 3. The molecule has 0 atom stereocenters. The van der Waals surface area contributed by atoms with Crippen LogP contribution >= 0.6 is 8.45 Å². The molecular formula is C15H33N3OP+. The molecule has 0 bridgehead atoms. The van der Waals surface area contributed by atoms with Gasteiger partial charge in [0, 0.05) is 24.2 Å². The highest BCUT2D eigenvalue weighted by Crippen LogP contribution is 2.50. The van der Waals surface area contributed by atoms with Gasteiger partial charge in [0.25, 0.3) is 8.45 Å². The van der Waals surface area contributed by atoms with Gasteiger partial charge in [-0.3, -0.25) is 0 Å². The quantitative estimate of drug-likeness (QED) is 0.474. The molecule has 0 N–H and O–H groups in total. The first kappa shape index (κ1) is 19.8. The second-order valence-corrected chi connectivity index (χ2v) is 8.12. The molecule has 0 aromatic heterocycles. The van der Waals surface area contributed by atoms with E-state index in [4.69, 9.17) is 9.79 Å². The van der Waals surface area contributed by atoms with Crippen molar-refractivity contribution in [3.05, 3.63) is 0 Å². The highest BCUT2D eigenvalue weighted by Gasteiger charge is 2.41. The van der Waals surface area contributed by atoms with E-state index in [1.54, 1.807) is 0 Å². The number of nitriles is 1. The molecule has 0 aliphatic heterocycles. The molecule has 0 saturated carbocycles. The molecular weight excluding hydrogens is 269 g/mol. The summed E-state index contributed by atoms with van der Waals surface area (Å²) in [6.45, 7) is 18.3. The first-order valence-corrected chi connectivity index (χ1v) is 8.97. The summed E-state index contributed by atoms with van der Waals surface area (Å²) >= 11 is 0. The van der Waals surface area contributed by atoms with Gasteiger partial charge < -0.3 is 0 Å². The van der Waals surface area contributed by atoms with E-state index in [-0.39, 0.29) is 0 Å². The molecule has 0 saturated heterocycles. The van der Waals surface area contributed by atoms with Crippen molar-refractivity contribution >= 4 is 8.45 Å². The van der Waals surface area contributed by atoms with Gasteiger partial charge in [-0.05, 0) is 55.4 Å². The topological polar surface area (TPSA) is 39.5 Å². The zero-order valence-electron chi connectivity index (χ0n) is 14.5. The summed E-state index contributed by atoms with van der Waals surface area (Å²) in [4.78, 5) is 0. The van der Waals surface area contributed by atoms with Gasteiger partial charge in [0.1, 0.15) is 6.61 Å². The Morgan fingerprint density at radius 2 is 1.20 bits per heavy atom. The van der Waals surface area contributed by atoms with Gasteiger partial charge in [0.15, 0.2) is 0 Å². The van der Waals surface area contributed by atoms with Gasteiger partial charge in [-0.15, -0.1) is 9.34 Å². The largest absolute Gasteiger partial charge is 0.278 e. The number of hydrogen-bond donors (Lipinski definition) is 0. The van der Waals surface area contributed by atoms with E-state index >= 15 is 0 Å². The fourth-order valence-electron chi connectivity index (χ4n) is 2.55. The standard InChI is InChI=1S/C15H32N3OP/c1-12(2)17(13(3)4)20(19-11-9-10-16)18(14(5)6)15(7)8/h12-15H,9,11H2,1-8H3/p+1. The Labute approximate surface area is 127 Å². The molecule has 5 heteroatoms. The van der Waals surface area contributed by atoms with Crippen molar-refractivity contribution in [3.63, 3.8) is 0 Å². The second-order valence-electron chi connectivity index (χ2n) is 6.23. The minimum Gasteiger partial charge on any atom is -0.201 e. The molecule has 0 aliphatic carbocycles. The third-order valence-corrected chi connectivity index (χ3v) is 6.52. The van der Waals surface area contributed by atoms with Crippen LogP contribution in [0.2, 0.25) is 0 Å². The second kappa shape index (κ2) is 9.68. The van der Waals surface area contributed by atoms with Crippen molar-refractivity contribution in [2.24, 2.45) is 0 Å². The molecule has 0 unspecified atom stereocenters. The predicted octanol–water partition coefficient (Wildman–Crippen LogP) is 4.11. The Morgan fingerprint density at radius 1 is 0.850 bits per heavy atom. The fourth-order valence-corrected chi connectivity index (χ4v) is 5.16. The van der Waals surface area contributed by atoms with Crippen molar-refractivity contribution in [1.29, 1.82) is 5.26 Å². The van der Waals surface area contributed by atoms with E-state index < -0.39 is 8.45 Å². The Kier molecular flexibility index (Phi) is 9.59. The Balaban J connectivity index is 5.26. The zero-order valence-corrected chi connectivity index (χ0v) is 15.5. The third kappa shape index (κ3) is 6.06. The lowest BCUT2D eigenvalue weighted by atomic mass is 10.3. The van der Waals surface area contributed by atoms with Crippen molar-refractivity contribution < 1.29 is 4.52 Å². The molecule has 0 radical (unpaired) electrons. The fraction of sp³-hybridized carbons (Fsp3) is 0.933. The molecule has 118 valence electrons. The summed E-state index contributed by atoms with van der Waals surface area (Å²) in [6.07, 6.45) is 0.461. The van der Waals surface area contributed by atoms with Gasteiger partial charge in [0.2, 0.25) is 0 Å². The van der Waals surface area contributed by atoms with Gasteiger partial charge in [-0.25, -0.2) is 4.52 Å². The maximum atomic E-state index is 8.75. The SMILES string of the molecule is CC(C)N(C(C)C)[PH+](OCCC#N)N(C(C)C)C(C)C. The molecule has 4 nitrogen and oxygen atoms in total. The number of hydrogen-bond acceptors (Lipinski definition) is 4. The third-order valence-electron chi connectivity index (χ3n) is 3.11. The van der Waals surface area contributed by atoms with Gasteiger partial charge in [-0.1, -0.05) is 0 Å². The molecule has 0 aromatic rings. The van der Waals surface area contributed by atoms with Crippen molar-refractivity contribution in [2.75, 3.05) is 6.61 Å². The summed E-state index contributed by atoms with van der Waals surface area (Å²) in [6, 6.07) is 3.92. The van der Waals surface area contributed by atoms with Gasteiger partial charge in [0.05, 0.1) is 12.5 Å². The molecule has 0 rings (SSSR count). The van der Waals surface area contributed by atoms with Crippen LogP contribution in [-0.2, 0) is 4.52 Å². The molecule has 0 amide bonds. The minimum atomic E-state index is -1.28. The van der Waals surface area contributed by atoms with E-state index in [1.807, 2.05) is 0 Å². The molecule has 0 spiro atoms. The highest BCUT2D eigenvalue weighted by atomic mass is 31.2.